The molecule has 0 aliphatic carbocycles. The molecule has 102 valence electrons. The fourth-order valence-corrected chi connectivity index (χ4v) is 2.38. The van der Waals surface area contributed by atoms with Gasteiger partial charge in [-0.1, -0.05) is 35.4 Å². The van der Waals surface area contributed by atoms with Crippen LogP contribution in [-0.4, -0.2) is 11.8 Å². The third kappa shape index (κ3) is 2.04. The van der Waals surface area contributed by atoms with Crippen LogP contribution in [0.15, 0.2) is 53.6 Å². The second-order valence-electron chi connectivity index (χ2n) is 4.51. The maximum absolute atomic E-state index is 12.4. The van der Waals surface area contributed by atoms with Gasteiger partial charge in [-0.05, 0) is 29.3 Å². The van der Waals surface area contributed by atoms with E-state index in [0.717, 1.165) is 4.90 Å². The largest absolute Gasteiger partial charge is 0.268 e. The van der Waals surface area contributed by atoms with E-state index in [1.54, 1.807) is 48.5 Å². The molecule has 0 saturated heterocycles. The highest BCUT2D eigenvalue weighted by Gasteiger charge is 2.36. The van der Waals surface area contributed by atoms with Crippen molar-refractivity contribution >= 4 is 17.5 Å². The Balaban J connectivity index is 2.09. The van der Waals surface area contributed by atoms with Crippen molar-refractivity contribution in [3.63, 3.8) is 0 Å². The molecule has 3 rings (SSSR count). The van der Waals surface area contributed by atoms with Gasteiger partial charge in [0, 0.05) is 4.91 Å². The average molecular weight is 278 g/mol. The number of hydrogen-bond acceptors (Lipinski definition) is 3. The summed E-state index contributed by atoms with van der Waals surface area (Å²) in [5, 5.41) is 3.50. The van der Waals surface area contributed by atoms with Crippen LogP contribution in [-0.2, 0) is 6.54 Å². The zero-order valence-corrected chi connectivity index (χ0v) is 10.9. The molecule has 0 radical (unpaired) electrons. The number of azide groups is 1. The molecule has 2 aromatic carbocycles. The minimum atomic E-state index is -0.357. The van der Waals surface area contributed by atoms with E-state index >= 15 is 0 Å². The summed E-state index contributed by atoms with van der Waals surface area (Å²) in [5.41, 5.74) is 10.3. The quantitative estimate of drug-likeness (QED) is 0.373. The molecule has 0 unspecified atom stereocenters. The normalized spacial score (nSPS) is 13.0. The maximum Gasteiger partial charge on any atom is 0.266 e. The van der Waals surface area contributed by atoms with Gasteiger partial charge in [-0.15, -0.1) is 0 Å². The van der Waals surface area contributed by atoms with E-state index in [4.69, 9.17) is 5.53 Å². The number of hydrogen-bond donors (Lipinski definition) is 0. The van der Waals surface area contributed by atoms with Crippen LogP contribution < -0.4 is 4.90 Å². The summed E-state index contributed by atoms with van der Waals surface area (Å²) >= 11 is 0. The van der Waals surface area contributed by atoms with Gasteiger partial charge in [0.2, 0.25) is 0 Å². The Morgan fingerprint density at radius 1 is 0.952 bits per heavy atom. The standard InChI is InChI=1S/C15H10N4O2/c16-18-17-9-10-5-1-4-8-13(10)19-14(20)11-6-2-3-7-12(11)15(19)21/h1-8H,9H2. The van der Waals surface area contributed by atoms with Gasteiger partial charge in [-0.25, -0.2) is 4.90 Å². The van der Waals surface area contributed by atoms with Crippen molar-refractivity contribution in [1.82, 2.24) is 0 Å². The Morgan fingerprint density at radius 3 is 2.14 bits per heavy atom. The summed E-state index contributed by atoms with van der Waals surface area (Å²) in [6.45, 7) is 0.0834. The third-order valence-electron chi connectivity index (χ3n) is 3.33. The molecule has 0 spiro atoms. The van der Waals surface area contributed by atoms with Crippen LogP contribution in [0.4, 0.5) is 5.69 Å². The average Bonchev–Trinajstić information content (AvgIpc) is 2.78. The van der Waals surface area contributed by atoms with Gasteiger partial charge >= 0.3 is 0 Å². The van der Waals surface area contributed by atoms with E-state index in [9.17, 15) is 9.59 Å². The Morgan fingerprint density at radius 2 is 1.52 bits per heavy atom. The number of carbonyl (C=O) groups is 2. The van der Waals surface area contributed by atoms with Gasteiger partial charge < -0.3 is 0 Å². The fraction of sp³-hybridized carbons (Fsp3) is 0.0667. The fourth-order valence-electron chi connectivity index (χ4n) is 2.38. The lowest BCUT2D eigenvalue weighted by Crippen LogP contribution is -2.30. The Hall–Kier alpha value is -3.11. The van der Waals surface area contributed by atoms with Crippen molar-refractivity contribution < 1.29 is 9.59 Å². The number of para-hydroxylation sites is 1. The third-order valence-corrected chi connectivity index (χ3v) is 3.33. The molecule has 0 aromatic heterocycles. The second kappa shape index (κ2) is 5.11. The predicted molar refractivity (Wildman–Crippen MR) is 76.9 cm³/mol. The van der Waals surface area contributed by atoms with Crippen LogP contribution in [0.5, 0.6) is 0 Å². The number of benzene rings is 2. The lowest BCUT2D eigenvalue weighted by atomic mass is 10.1. The lowest BCUT2D eigenvalue weighted by Gasteiger charge is -2.17. The van der Waals surface area contributed by atoms with Crippen LogP contribution in [0.25, 0.3) is 10.4 Å². The van der Waals surface area contributed by atoms with E-state index in [0.29, 0.717) is 22.4 Å². The van der Waals surface area contributed by atoms with Crippen molar-refractivity contribution in [2.45, 2.75) is 6.54 Å². The van der Waals surface area contributed by atoms with Crippen molar-refractivity contribution in [2.75, 3.05) is 4.90 Å². The number of nitrogens with zero attached hydrogens (tertiary/aromatic N) is 4. The SMILES string of the molecule is [N-]=[N+]=NCc1ccccc1N1C(=O)c2ccccc2C1=O. The van der Waals surface area contributed by atoms with Crippen LogP contribution >= 0.6 is 0 Å². The van der Waals surface area contributed by atoms with E-state index in [1.165, 1.54) is 0 Å². The van der Waals surface area contributed by atoms with Gasteiger partial charge in [-0.2, -0.15) is 0 Å². The minimum Gasteiger partial charge on any atom is -0.268 e. The first-order valence-electron chi connectivity index (χ1n) is 6.30. The number of carbonyl (C=O) groups excluding carboxylic acids is 2. The highest BCUT2D eigenvalue weighted by molar-refractivity contribution is 6.34. The summed E-state index contributed by atoms with van der Waals surface area (Å²) in [6.07, 6.45) is 0. The summed E-state index contributed by atoms with van der Waals surface area (Å²) < 4.78 is 0. The van der Waals surface area contributed by atoms with Gasteiger partial charge in [0.1, 0.15) is 0 Å². The molecular weight excluding hydrogens is 268 g/mol. The van der Waals surface area contributed by atoms with E-state index < -0.39 is 0 Å². The minimum absolute atomic E-state index is 0.0834. The summed E-state index contributed by atoms with van der Waals surface area (Å²) in [6, 6.07) is 13.6. The molecule has 1 aliphatic rings. The van der Waals surface area contributed by atoms with Crippen LogP contribution in [0.2, 0.25) is 0 Å². The van der Waals surface area contributed by atoms with E-state index in [2.05, 4.69) is 10.0 Å². The number of imide groups is 1. The summed E-state index contributed by atoms with van der Waals surface area (Å²) in [7, 11) is 0. The molecule has 1 heterocycles. The van der Waals surface area contributed by atoms with Gasteiger partial charge in [0.25, 0.3) is 11.8 Å². The lowest BCUT2D eigenvalue weighted by molar-refractivity contribution is 0.0926. The van der Waals surface area contributed by atoms with E-state index in [1.807, 2.05) is 0 Å². The van der Waals surface area contributed by atoms with Crippen molar-refractivity contribution in [1.29, 1.82) is 0 Å². The van der Waals surface area contributed by atoms with Gasteiger partial charge in [-0.3, -0.25) is 9.59 Å². The molecule has 0 atom stereocenters. The first-order valence-corrected chi connectivity index (χ1v) is 6.30. The monoisotopic (exact) mass is 278 g/mol. The molecule has 6 heteroatoms. The van der Waals surface area contributed by atoms with Gasteiger partial charge in [0.05, 0.1) is 23.4 Å². The molecule has 1 aliphatic heterocycles. The zero-order chi connectivity index (χ0) is 14.8. The molecule has 2 amide bonds. The molecule has 0 fully saturated rings. The Kier molecular flexibility index (Phi) is 3.14. The molecule has 6 nitrogen and oxygen atoms in total. The van der Waals surface area contributed by atoms with Crippen LogP contribution in [0.3, 0.4) is 0 Å². The summed E-state index contributed by atoms with van der Waals surface area (Å²) in [5.74, 6) is -0.715. The Bertz CT molecular complexity index is 759. The molecule has 0 N–H and O–H groups in total. The highest BCUT2D eigenvalue weighted by Crippen LogP contribution is 2.30. The number of amides is 2. The number of fused-ring (bicyclic) bond motifs is 1. The molecular formula is C15H10N4O2. The Labute approximate surface area is 120 Å². The number of rotatable bonds is 3. The van der Waals surface area contributed by atoms with Crippen molar-refractivity contribution in [3.8, 4) is 0 Å². The topological polar surface area (TPSA) is 86.1 Å². The van der Waals surface area contributed by atoms with Gasteiger partial charge in [0.15, 0.2) is 0 Å². The molecule has 21 heavy (non-hydrogen) atoms. The molecule has 0 bridgehead atoms. The summed E-state index contributed by atoms with van der Waals surface area (Å²) in [4.78, 5) is 28.7. The molecule has 0 saturated carbocycles. The first-order chi connectivity index (χ1) is 10.2. The maximum atomic E-state index is 12.4. The first kappa shape index (κ1) is 12.9. The van der Waals surface area contributed by atoms with Crippen LogP contribution in [0.1, 0.15) is 26.3 Å². The number of anilines is 1. The molecule has 2 aromatic rings. The van der Waals surface area contributed by atoms with Crippen molar-refractivity contribution in [3.05, 3.63) is 75.7 Å². The smallest absolute Gasteiger partial charge is 0.266 e. The van der Waals surface area contributed by atoms with E-state index in [-0.39, 0.29) is 18.4 Å². The van der Waals surface area contributed by atoms with Crippen molar-refractivity contribution in [2.24, 2.45) is 5.11 Å². The predicted octanol–water partition coefficient (Wildman–Crippen LogP) is 3.30. The van der Waals surface area contributed by atoms with Crippen LogP contribution in [0, 0.1) is 0 Å². The zero-order valence-electron chi connectivity index (χ0n) is 10.9. The second-order valence-corrected chi connectivity index (χ2v) is 4.51. The highest BCUT2D eigenvalue weighted by atomic mass is 16.2.